The molecule has 0 aliphatic carbocycles. The van der Waals surface area contributed by atoms with Crippen molar-refractivity contribution < 1.29 is 14.5 Å². The van der Waals surface area contributed by atoms with Crippen molar-refractivity contribution in [2.24, 2.45) is 0 Å². The second-order valence-corrected chi connectivity index (χ2v) is 6.79. The van der Waals surface area contributed by atoms with Crippen molar-refractivity contribution in [1.29, 1.82) is 0 Å². The number of benzene rings is 3. The van der Waals surface area contributed by atoms with E-state index >= 15 is 0 Å². The number of nitro benzene ring substituents is 1. The zero-order valence-corrected chi connectivity index (χ0v) is 16.4. The summed E-state index contributed by atoms with van der Waals surface area (Å²) in [5.41, 5.74) is 1.74. The number of ether oxygens (including phenoxy) is 1. The first-order chi connectivity index (χ1) is 14.0. The molecule has 3 aromatic rings. The van der Waals surface area contributed by atoms with Crippen LogP contribution in [0.4, 0.5) is 11.4 Å². The molecule has 148 valence electrons. The predicted molar refractivity (Wildman–Crippen MR) is 113 cm³/mol. The van der Waals surface area contributed by atoms with Crippen LogP contribution in [0.1, 0.15) is 28.4 Å². The van der Waals surface area contributed by atoms with Crippen LogP contribution in [0.15, 0.2) is 72.8 Å². The average molecular weight is 411 g/mol. The summed E-state index contributed by atoms with van der Waals surface area (Å²) in [5, 5.41) is 14.6. The molecule has 0 saturated heterocycles. The Hall–Kier alpha value is -3.38. The van der Waals surface area contributed by atoms with Crippen molar-refractivity contribution in [3.05, 3.63) is 99.1 Å². The number of nitro groups is 1. The van der Waals surface area contributed by atoms with Crippen LogP contribution in [0.3, 0.4) is 0 Å². The maximum atomic E-state index is 12.8. The fourth-order valence-electron chi connectivity index (χ4n) is 2.95. The molecule has 3 rings (SSSR count). The van der Waals surface area contributed by atoms with Gasteiger partial charge in [-0.1, -0.05) is 48.0 Å². The van der Waals surface area contributed by atoms with E-state index in [1.165, 1.54) is 12.1 Å². The standard InChI is InChI=1S/C22H19ClN2O4/c1-29-18-10-8-17(9-11-18)24-20(14-22(26)15-5-3-2-4-6-15)16-7-12-19(23)21(13-16)25(27)28/h2-13,20,24H,14H2,1H3. The van der Waals surface area contributed by atoms with Crippen molar-refractivity contribution in [1.82, 2.24) is 0 Å². The Bertz CT molecular complexity index is 1010. The van der Waals surface area contributed by atoms with Crippen LogP contribution in [-0.2, 0) is 0 Å². The van der Waals surface area contributed by atoms with E-state index in [1.807, 2.05) is 18.2 Å². The summed E-state index contributed by atoms with van der Waals surface area (Å²) in [6.45, 7) is 0. The number of carbonyl (C=O) groups excluding carboxylic acids is 1. The maximum absolute atomic E-state index is 12.8. The Morgan fingerprint density at radius 2 is 1.79 bits per heavy atom. The van der Waals surface area contributed by atoms with Crippen molar-refractivity contribution in [3.63, 3.8) is 0 Å². The first kappa shape index (κ1) is 20.4. The molecule has 1 unspecified atom stereocenters. The Morgan fingerprint density at radius 1 is 1.10 bits per heavy atom. The van der Waals surface area contributed by atoms with Gasteiger partial charge >= 0.3 is 0 Å². The number of hydrogen-bond donors (Lipinski definition) is 1. The lowest BCUT2D eigenvalue weighted by molar-refractivity contribution is -0.384. The van der Waals surface area contributed by atoms with Crippen LogP contribution in [0, 0.1) is 10.1 Å². The summed E-state index contributed by atoms with van der Waals surface area (Å²) in [6, 6.07) is 20.3. The first-order valence-electron chi connectivity index (χ1n) is 8.90. The van der Waals surface area contributed by atoms with Gasteiger partial charge in [-0.05, 0) is 35.9 Å². The molecular weight excluding hydrogens is 392 g/mol. The van der Waals surface area contributed by atoms with Gasteiger partial charge in [-0.3, -0.25) is 14.9 Å². The normalized spacial score (nSPS) is 11.5. The van der Waals surface area contributed by atoms with Gasteiger partial charge in [0.15, 0.2) is 5.78 Å². The first-order valence-corrected chi connectivity index (χ1v) is 9.28. The van der Waals surface area contributed by atoms with Crippen molar-refractivity contribution in [2.75, 3.05) is 12.4 Å². The quantitative estimate of drug-likeness (QED) is 0.293. The van der Waals surface area contributed by atoms with Crippen molar-refractivity contribution in [3.8, 4) is 5.75 Å². The minimum Gasteiger partial charge on any atom is -0.497 e. The number of ketones is 1. The third kappa shape index (κ3) is 5.12. The molecule has 1 N–H and O–H groups in total. The number of Topliss-reactive ketones (excluding diaryl/α,β-unsaturated/α-hetero) is 1. The molecule has 0 spiro atoms. The second-order valence-electron chi connectivity index (χ2n) is 6.39. The Labute approximate surface area is 173 Å². The zero-order chi connectivity index (χ0) is 20.8. The molecule has 0 bridgehead atoms. The summed E-state index contributed by atoms with van der Waals surface area (Å²) < 4.78 is 5.16. The van der Waals surface area contributed by atoms with Gasteiger partial charge in [0.2, 0.25) is 0 Å². The summed E-state index contributed by atoms with van der Waals surface area (Å²) in [5.74, 6) is 0.629. The number of nitrogens with zero attached hydrogens (tertiary/aromatic N) is 1. The number of rotatable bonds is 8. The van der Waals surface area contributed by atoms with E-state index < -0.39 is 11.0 Å². The van der Waals surface area contributed by atoms with Crippen molar-refractivity contribution in [2.45, 2.75) is 12.5 Å². The third-order valence-electron chi connectivity index (χ3n) is 4.49. The Kier molecular flexibility index (Phi) is 6.46. The van der Waals surface area contributed by atoms with E-state index in [1.54, 1.807) is 49.6 Å². The lowest BCUT2D eigenvalue weighted by Gasteiger charge is -2.20. The van der Waals surface area contributed by atoms with Gasteiger partial charge in [-0.25, -0.2) is 0 Å². The van der Waals surface area contributed by atoms with Gasteiger partial charge in [0.25, 0.3) is 5.69 Å². The van der Waals surface area contributed by atoms with Crippen LogP contribution in [-0.4, -0.2) is 17.8 Å². The smallest absolute Gasteiger partial charge is 0.288 e. The summed E-state index contributed by atoms with van der Waals surface area (Å²) >= 11 is 5.95. The SMILES string of the molecule is COc1ccc(NC(CC(=O)c2ccccc2)c2ccc(Cl)c([N+](=O)[O-])c2)cc1. The van der Waals surface area contributed by atoms with E-state index in [4.69, 9.17) is 16.3 Å². The van der Waals surface area contributed by atoms with Gasteiger partial charge in [0.05, 0.1) is 18.1 Å². The Morgan fingerprint density at radius 3 is 2.41 bits per heavy atom. The van der Waals surface area contributed by atoms with Gasteiger partial charge in [0, 0.05) is 23.7 Å². The van der Waals surface area contributed by atoms with Crippen LogP contribution in [0.2, 0.25) is 5.02 Å². The monoisotopic (exact) mass is 410 g/mol. The molecule has 0 heterocycles. The molecule has 3 aromatic carbocycles. The second kappa shape index (κ2) is 9.21. The fourth-order valence-corrected chi connectivity index (χ4v) is 3.14. The van der Waals surface area contributed by atoms with E-state index in [0.717, 1.165) is 5.69 Å². The van der Waals surface area contributed by atoms with E-state index in [-0.39, 0.29) is 22.9 Å². The predicted octanol–water partition coefficient (Wildman–Crippen LogP) is 5.68. The van der Waals surface area contributed by atoms with Gasteiger partial charge in [-0.15, -0.1) is 0 Å². The molecule has 0 amide bonds. The Balaban J connectivity index is 1.93. The molecule has 6 nitrogen and oxygen atoms in total. The van der Waals surface area contributed by atoms with Gasteiger partial charge < -0.3 is 10.1 Å². The summed E-state index contributed by atoms with van der Waals surface area (Å²) in [4.78, 5) is 23.5. The van der Waals surface area contributed by atoms with E-state index in [9.17, 15) is 14.9 Å². The number of anilines is 1. The van der Waals surface area contributed by atoms with E-state index in [2.05, 4.69) is 5.32 Å². The minimum atomic E-state index is -0.532. The van der Waals surface area contributed by atoms with Crippen molar-refractivity contribution >= 4 is 28.8 Å². The highest BCUT2D eigenvalue weighted by Crippen LogP contribution is 2.31. The van der Waals surface area contributed by atoms with Gasteiger partial charge in [-0.2, -0.15) is 0 Å². The number of nitrogens with one attached hydrogen (secondary N) is 1. The average Bonchev–Trinajstić information content (AvgIpc) is 2.74. The van der Waals surface area contributed by atoms with Crippen LogP contribution >= 0.6 is 11.6 Å². The molecule has 1 atom stereocenters. The molecule has 7 heteroatoms. The molecule has 0 aromatic heterocycles. The largest absolute Gasteiger partial charge is 0.497 e. The molecule has 0 fully saturated rings. The number of methoxy groups -OCH3 is 1. The van der Waals surface area contributed by atoms with Crippen LogP contribution in [0.5, 0.6) is 5.75 Å². The van der Waals surface area contributed by atoms with Gasteiger partial charge in [0.1, 0.15) is 10.8 Å². The highest BCUT2D eigenvalue weighted by Gasteiger charge is 2.21. The topological polar surface area (TPSA) is 81.5 Å². The fraction of sp³-hybridized carbons (Fsp3) is 0.136. The maximum Gasteiger partial charge on any atom is 0.288 e. The van der Waals surface area contributed by atoms with Crippen LogP contribution < -0.4 is 10.1 Å². The lowest BCUT2D eigenvalue weighted by Crippen LogP contribution is -2.16. The zero-order valence-electron chi connectivity index (χ0n) is 15.7. The van der Waals surface area contributed by atoms with E-state index in [0.29, 0.717) is 16.9 Å². The number of hydrogen-bond acceptors (Lipinski definition) is 5. The van der Waals surface area contributed by atoms with Crippen LogP contribution in [0.25, 0.3) is 0 Å². The molecule has 29 heavy (non-hydrogen) atoms. The highest BCUT2D eigenvalue weighted by molar-refractivity contribution is 6.32. The molecule has 0 saturated carbocycles. The molecular formula is C22H19ClN2O4. The highest BCUT2D eigenvalue weighted by atomic mass is 35.5. The third-order valence-corrected chi connectivity index (χ3v) is 4.81. The molecule has 0 radical (unpaired) electrons. The molecule has 0 aliphatic rings. The number of carbonyl (C=O) groups is 1. The minimum absolute atomic E-state index is 0.0522. The lowest BCUT2D eigenvalue weighted by atomic mass is 9.97. The summed E-state index contributed by atoms with van der Waals surface area (Å²) in [7, 11) is 1.58. The summed E-state index contributed by atoms with van der Waals surface area (Å²) in [6.07, 6.45) is 0.120. The molecule has 0 aliphatic heterocycles. The number of halogens is 1.